The molecule has 6 nitrogen and oxygen atoms in total. The molecule has 1 aliphatic heterocycles. The third kappa shape index (κ3) is 2.36. The number of benzene rings is 1. The molecule has 128 valence electrons. The minimum atomic E-state index is -0.272. The lowest BCUT2D eigenvalue weighted by atomic mass is 9.98. The summed E-state index contributed by atoms with van der Waals surface area (Å²) in [5.41, 5.74) is 3.51. The number of nitrogens with zero attached hydrogens (tertiary/aromatic N) is 3. The first-order chi connectivity index (χ1) is 12.0. The molecular weight excluding hydrogens is 318 g/mol. The molecule has 6 heteroatoms. The Morgan fingerprint density at radius 1 is 1.28 bits per heavy atom. The molecule has 1 aromatic carbocycles. The Bertz CT molecular complexity index is 1060. The van der Waals surface area contributed by atoms with E-state index in [9.17, 15) is 9.59 Å². The van der Waals surface area contributed by atoms with Gasteiger partial charge >= 0.3 is 0 Å². The van der Waals surface area contributed by atoms with Crippen molar-refractivity contribution in [2.45, 2.75) is 26.7 Å². The van der Waals surface area contributed by atoms with Crippen molar-refractivity contribution in [1.29, 1.82) is 0 Å². The Balaban J connectivity index is 1.89. The van der Waals surface area contributed by atoms with Crippen LogP contribution in [0.5, 0.6) is 0 Å². The zero-order valence-electron chi connectivity index (χ0n) is 14.5. The van der Waals surface area contributed by atoms with Crippen LogP contribution in [0.3, 0.4) is 0 Å². The third-order valence-corrected chi connectivity index (χ3v) is 4.76. The Morgan fingerprint density at radius 2 is 2.08 bits per heavy atom. The molecule has 3 heterocycles. The molecule has 0 saturated carbocycles. The second kappa shape index (κ2) is 5.58. The highest BCUT2D eigenvalue weighted by Crippen LogP contribution is 2.31. The summed E-state index contributed by atoms with van der Waals surface area (Å²) < 4.78 is 6.94. The molecule has 1 amide bonds. The summed E-state index contributed by atoms with van der Waals surface area (Å²) in [6.07, 6.45) is 3.25. The SMILES string of the molecule is Cc1ccc2c(c1)CCCN2C(=O)c1c(C)oc2ncn(C)c(=O)c12. The molecule has 25 heavy (non-hydrogen) atoms. The molecule has 0 radical (unpaired) electrons. The number of aromatic nitrogens is 2. The second-order valence-corrected chi connectivity index (χ2v) is 6.57. The minimum absolute atomic E-state index is 0.203. The van der Waals surface area contributed by atoms with Gasteiger partial charge in [-0.1, -0.05) is 17.7 Å². The van der Waals surface area contributed by atoms with Gasteiger partial charge in [-0.3, -0.25) is 9.59 Å². The van der Waals surface area contributed by atoms with Gasteiger partial charge in [0.1, 0.15) is 17.5 Å². The molecule has 0 aliphatic carbocycles. The smallest absolute Gasteiger partial charge is 0.265 e. The first-order valence-electron chi connectivity index (χ1n) is 8.33. The molecule has 0 bridgehead atoms. The monoisotopic (exact) mass is 337 g/mol. The maximum absolute atomic E-state index is 13.3. The summed E-state index contributed by atoms with van der Waals surface area (Å²) in [4.78, 5) is 31.7. The van der Waals surface area contributed by atoms with E-state index in [0.717, 1.165) is 24.1 Å². The highest BCUT2D eigenvalue weighted by atomic mass is 16.3. The molecule has 4 rings (SSSR count). The van der Waals surface area contributed by atoms with Gasteiger partial charge in [0.25, 0.3) is 11.5 Å². The quantitative estimate of drug-likeness (QED) is 0.685. The van der Waals surface area contributed by atoms with Crippen molar-refractivity contribution in [3.63, 3.8) is 0 Å². The van der Waals surface area contributed by atoms with E-state index < -0.39 is 0 Å². The second-order valence-electron chi connectivity index (χ2n) is 6.57. The van der Waals surface area contributed by atoms with Gasteiger partial charge in [0.2, 0.25) is 5.71 Å². The Labute approximate surface area is 144 Å². The zero-order valence-corrected chi connectivity index (χ0v) is 14.5. The molecule has 3 aromatic rings. The van der Waals surface area contributed by atoms with Gasteiger partial charge < -0.3 is 13.9 Å². The number of anilines is 1. The van der Waals surface area contributed by atoms with Crippen LogP contribution in [0, 0.1) is 13.8 Å². The number of rotatable bonds is 1. The minimum Gasteiger partial charge on any atom is -0.442 e. The first kappa shape index (κ1) is 15.6. The number of fused-ring (bicyclic) bond motifs is 2. The van der Waals surface area contributed by atoms with Crippen LogP contribution >= 0.6 is 0 Å². The van der Waals surface area contributed by atoms with Gasteiger partial charge in [0.15, 0.2) is 0 Å². The number of carbonyl (C=O) groups is 1. The molecule has 0 N–H and O–H groups in total. The van der Waals surface area contributed by atoms with E-state index in [0.29, 0.717) is 17.9 Å². The third-order valence-electron chi connectivity index (χ3n) is 4.76. The normalized spacial score (nSPS) is 14.0. The molecular formula is C19H19N3O3. The van der Waals surface area contributed by atoms with Gasteiger partial charge in [0.05, 0.1) is 5.56 Å². The number of amides is 1. The highest BCUT2D eigenvalue weighted by Gasteiger charge is 2.29. The van der Waals surface area contributed by atoms with E-state index in [-0.39, 0.29) is 22.6 Å². The van der Waals surface area contributed by atoms with Crippen LogP contribution in [0.2, 0.25) is 0 Å². The van der Waals surface area contributed by atoms with Crippen molar-refractivity contribution in [1.82, 2.24) is 9.55 Å². The highest BCUT2D eigenvalue weighted by molar-refractivity contribution is 6.14. The number of hydrogen-bond acceptors (Lipinski definition) is 4. The average molecular weight is 337 g/mol. The lowest BCUT2D eigenvalue weighted by molar-refractivity contribution is 0.0985. The predicted octanol–water partition coefficient (Wildman–Crippen LogP) is 2.74. The Hall–Kier alpha value is -2.89. The molecule has 0 fully saturated rings. The summed E-state index contributed by atoms with van der Waals surface area (Å²) in [5.74, 6) is 0.223. The van der Waals surface area contributed by atoms with Crippen LogP contribution in [0.1, 0.15) is 33.7 Å². The van der Waals surface area contributed by atoms with Crippen LogP contribution in [0.15, 0.2) is 33.7 Å². The van der Waals surface area contributed by atoms with Crippen LogP contribution < -0.4 is 10.5 Å². The molecule has 1 aliphatic rings. The Morgan fingerprint density at radius 3 is 2.88 bits per heavy atom. The van der Waals surface area contributed by atoms with Gasteiger partial charge in [-0.2, -0.15) is 0 Å². The van der Waals surface area contributed by atoms with Crippen molar-refractivity contribution >= 4 is 22.7 Å². The standard InChI is InChI=1S/C19H19N3O3/c1-11-6-7-14-13(9-11)5-4-8-22(14)19(24)15-12(2)25-17-16(15)18(23)21(3)10-20-17/h6-7,9-10H,4-5,8H2,1-3H3. The topological polar surface area (TPSA) is 68.3 Å². The molecule has 2 aromatic heterocycles. The van der Waals surface area contributed by atoms with Crippen LogP contribution in [0.25, 0.3) is 11.1 Å². The van der Waals surface area contributed by atoms with Gasteiger partial charge in [-0.05, 0) is 38.3 Å². The van der Waals surface area contributed by atoms with E-state index in [4.69, 9.17) is 4.42 Å². The fourth-order valence-corrected chi connectivity index (χ4v) is 3.52. The van der Waals surface area contributed by atoms with Crippen molar-refractivity contribution in [3.05, 3.63) is 57.3 Å². The van der Waals surface area contributed by atoms with Crippen LogP contribution in [-0.4, -0.2) is 22.0 Å². The van der Waals surface area contributed by atoms with Gasteiger partial charge in [0, 0.05) is 19.3 Å². The lowest BCUT2D eigenvalue weighted by Gasteiger charge is -2.29. The summed E-state index contributed by atoms with van der Waals surface area (Å²) in [6.45, 7) is 4.38. The molecule has 0 spiro atoms. The molecule has 0 saturated heterocycles. The average Bonchev–Trinajstić information content (AvgIpc) is 2.93. The maximum Gasteiger partial charge on any atom is 0.265 e. The Kier molecular flexibility index (Phi) is 3.49. The van der Waals surface area contributed by atoms with E-state index in [1.807, 2.05) is 19.1 Å². The summed E-state index contributed by atoms with van der Waals surface area (Å²) >= 11 is 0. The maximum atomic E-state index is 13.3. The van der Waals surface area contributed by atoms with Crippen molar-refractivity contribution in [2.75, 3.05) is 11.4 Å². The summed E-state index contributed by atoms with van der Waals surface area (Å²) in [5, 5.41) is 0.256. The van der Waals surface area contributed by atoms with E-state index in [1.54, 1.807) is 18.9 Å². The van der Waals surface area contributed by atoms with Crippen molar-refractivity contribution in [3.8, 4) is 0 Å². The van der Waals surface area contributed by atoms with Crippen molar-refractivity contribution in [2.24, 2.45) is 7.05 Å². The largest absolute Gasteiger partial charge is 0.442 e. The van der Waals surface area contributed by atoms with Crippen LogP contribution in [-0.2, 0) is 13.5 Å². The van der Waals surface area contributed by atoms with Crippen LogP contribution in [0.4, 0.5) is 5.69 Å². The fourth-order valence-electron chi connectivity index (χ4n) is 3.52. The van der Waals surface area contributed by atoms with E-state index in [2.05, 4.69) is 11.1 Å². The lowest BCUT2D eigenvalue weighted by Crippen LogP contribution is -2.36. The van der Waals surface area contributed by atoms with E-state index in [1.165, 1.54) is 16.5 Å². The number of aryl methyl sites for hydroxylation is 4. The number of hydrogen-bond donors (Lipinski definition) is 0. The predicted molar refractivity (Wildman–Crippen MR) is 95.2 cm³/mol. The zero-order chi connectivity index (χ0) is 17.7. The van der Waals surface area contributed by atoms with Crippen molar-refractivity contribution < 1.29 is 9.21 Å². The molecule has 0 atom stereocenters. The number of carbonyl (C=O) groups excluding carboxylic acids is 1. The van der Waals surface area contributed by atoms with Gasteiger partial charge in [-0.15, -0.1) is 0 Å². The number of furan rings is 1. The fraction of sp³-hybridized carbons (Fsp3) is 0.316. The molecule has 0 unspecified atom stereocenters. The summed E-state index contributed by atoms with van der Waals surface area (Å²) in [7, 11) is 1.62. The first-order valence-corrected chi connectivity index (χ1v) is 8.33. The summed E-state index contributed by atoms with van der Waals surface area (Å²) in [6, 6.07) is 6.11. The van der Waals surface area contributed by atoms with E-state index >= 15 is 0 Å². The van der Waals surface area contributed by atoms with Gasteiger partial charge in [-0.25, -0.2) is 4.98 Å².